The van der Waals surface area contributed by atoms with Gasteiger partial charge in [-0.15, -0.1) is 0 Å². The summed E-state index contributed by atoms with van der Waals surface area (Å²) in [5.74, 6) is 0.141. The van der Waals surface area contributed by atoms with E-state index < -0.39 is 0 Å². The van der Waals surface area contributed by atoms with Crippen LogP contribution in [0.1, 0.15) is 36.7 Å². The van der Waals surface area contributed by atoms with Gasteiger partial charge in [0.2, 0.25) is 0 Å². The molecule has 2 N–H and O–H groups in total. The number of piperazine rings is 1. The van der Waals surface area contributed by atoms with Crippen LogP contribution in [-0.4, -0.2) is 54.0 Å². The Morgan fingerprint density at radius 1 is 1.19 bits per heavy atom. The van der Waals surface area contributed by atoms with Crippen molar-refractivity contribution in [3.63, 3.8) is 0 Å². The largest absolute Gasteiger partial charge is 0.336 e. The van der Waals surface area contributed by atoms with Gasteiger partial charge in [-0.2, -0.15) is 0 Å². The second-order valence-corrected chi connectivity index (χ2v) is 6.69. The van der Waals surface area contributed by atoms with Gasteiger partial charge in [0.15, 0.2) is 0 Å². The van der Waals surface area contributed by atoms with Crippen LogP contribution in [0.4, 0.5) is 0 Å². The molecule has 1 aromatic rings. The Balaban J connectivity index is 2.00. The number of hydrogen-bond donors (Lipinski definition) is 1. The van der Waals surface area contributed by atoms with E-state index in [1.54, 1.807) is 0 Å². The smallest absolute Gasteiger partial charge is 0.253 e. The van der Waals surface area contributed by atoms with E-state index in [-0.39, 0.29) is 11.4 Å². The van der Waals surface area contributed by atoms with Gasteiger partial charge in [-0.05, 0) is 51.4 Å². The molecule has 0 aromatic heterocycles. The summed E-state index contributed by atoms with van der Waals surface area (Å²) in [6.07, 6.45) is 0.818. The molecule has 4 nitrogen and oxygen atoms in total. The van der Waals surface area contributed by atoms with E-state index in [1.807, 2.05) is 29.2 Å². The van der Waals surface area contributed by atoms with Gasteiger partial charge < -0.3 is 10.6 Å². The van der Waals surface area contributed by atoms with Crippen LogP contribution in [0.2, 0.25) is 0 Å². The van der Waals surface area contributed by atoms with Crippen LogP contribution < -0.4 is 5.73 Å². The van der Waals surface area contributed by atoms with Crippen LogP contribution in [0.5, 0.6) is 0 Å². The fourth-order valence-electron chi connectivity index (χ4n) is 2.79. The summed E-state index contributed by atoms with van der Waals surface area (Å²) in [5.41, 5.74) is 7.68. The highest BCUT2D eigenvalue weighted by molar-refractivity contribution is 5.94. The molecule has 0 spiro atoms. The average molecular weight is 289 g/mol. The quantitative estimate of drug-likeness (QED) is 0.922. The lowest BCUT2D eigenvalue weighted by atomic mass is 10.0. The number of rotatable bonds is 3. The molecule has 1 heterocycles. The fourth-order valence-corrected chi connectivity index (χ4v) is 2.79. The van der Waals surface area contributed by atoms with Crippen molar-refractivity contribution in [3.8, 4) is 0 Å². The molecule has 4 heteroatoms. The maximum absolute atomic E-state index is 12.6. The summed E-state index contributed by atoms with van der Waals surface area (Å²) in [7, 11) is 0. The van der Waals surface area contributed by atoms with E-state index in [0.717, 1.165) is 43.7 Å². The molecule has 0 unspecified atom stereocenters. The van der Waals surface area contributed by atoms with Crippen LogP contribution in [0, 0.1) is 0 Å². The van der Waals surface area contributed by atoms with Crippen molar-refractivity contribution in [2.24, 2.45) is 5.73 Å². The zero-order valence-electron chi connectivity index (χ0n) is 13.4. The summed E-state index contributed by atoms with van der Waals surface area (Å²) < 4.78 is 0. The highest BCUT2D eigenvalue weighted by Gasteiger charge is 2.28. The molecule has 0 radical (unpaired) electrons. The van der Waals surface area contributed by atoms with Crippen molar-refractivity contribution < 1.29 is 4.79 Å². The van der Waals surface area contributed by atoms with Crippen LogP contribution in [0.15, 0.2) is 24.3 Å². The Bertz CT molecular complexity index is 485. The highest BCUT2D eigenvalue weighted by atomic mass is 16.2. The van der Waals surface area contributed by atoms with Crippen molar-refractivity contribution in [1.29, 1.82) is 0 Å². The maximum atomic E-state index is 12.6. The Kier molecular flexibility index (Phi) is 5.01. The van der Waals surface area contributed by atoms with Gasteiger partial charge in [-0.1, -0.05) is 12.1 Å². The van der Waals surface area contributed by atoms with Gasteiger partial charge in [-0.3, -0.25) is 9.69 Å². The first kappa shape index (κ1) is 16.0. The Hall–Kier alpha value is -1.39. The second-order valence-electron chi connectivity index (χ2n) is 6.69. The molecular weight excluding hydrogens is 262 g/mol. The molecule has 0 saturated carbocycles. The summed E-state index contributed by atoms with van der Waals surface area (Å²) in [6.45, 7) is 10.8. The molecule has 2 rings (SSSR count). The number of amides is 1. The number of nitrogens with two attached hydrogens (primary N) is 1. The fraction of sp³-hybridized carbons (Fsp3) is 0.588. The van der Waals surface area contributed by atoms with E-state index in [4.69, 9.17) is 5.73 Å². The molecule has 1 fully saturated rings. The predicted octanol–water partition coefficient (Wildman–Crippen LogP) is 1.74. The van der Waals surface area contributed by atoms with E-state index in [9.17, 15) is 4.79 Å². The van der Waals surface area contributed by atoms with Crippen molar-refractivity contribution >= 4 is 5.91 Å². The molecule has 1 amide bonds. The minimum atomic E-state index is 0.141. The molecule has 1 aliphatic rings. The topological polar surface area (TPSA) is 49.6 Å². The number of carbonyl (C=O) groups is 1. The highest BCUT2D eigenvalue weighted by Crippen LogP contribution is 2.17. The summed E-state index contributed by atoms with van der Waals surface area (Å²) >= 11 is 0. The molecule has 1 saturated heterocycles. The van der Waals surface area contributed by atoms with Crippen LogP contribution in [-0.2, 0) is 6.42 Å². The average Bonchev–Trinajstić information content (AvgIpc) is 2.46. The Morgan fingerprint density at radius 3 is 2.43 bits per heavy atom. The van der Waals surface area contributed by atoms with E-state index in [0.29, 0.717) is 6.54 Å². The first-order valence-corrected chi connectivity index (χ1v) is 7.75. The van der Waals surface area contributed by atoms with Crippen molar-refractivity contribution in [2.75, 3.05) is 32.7 Å². The normalized spacial score (nSPS) is 17.0. The third-order valence-electron chi connectivity index (χ3n) is 4.12. The number of nitrogens with zero attached hydrogens (tertiary/aromatic N) is 2. The molecule has 0 bridgehead atoms. The molecular formula is C17H27N3O. The summed E-state index contributed by atoms with van der Waals surface area (Å²) in [6, 6.07) is 7.86. The zero-order valence-corrected chi connectivity index (χ0v) is 13.4. The van der Waals surface area contributed by atoms with Gasteiger partial charge >= 0.3 is 0 Å². The lowest BCUT2D eigenvalue weighted by molar-refractivity contribution is 0.0451. The van der Waals surface area contributed by atoms with E-state index in [2.05, 4.69) is 25.7 Å². The zero-order chi connectivity index (χ0) is 15.5. The molecule has 116 valence electrons. The first-order valence-electron chi connectivity index (χ1n) is 7.75. The summed E-state index contributed by atoms with van der Waals surface area (Å²) in [5, 5.41) is 0. The minimum Gasteiger partial charge on any atom is -0.336 e. The van der Waals surface area contributed by atoms with Crippen LogP contribution >= 0.6 is 0 Å². The molecule has 1 aliphatic heterocycles. The van der Waals surface area contributed by atoms with Crippen LogP contribution in [0.25, 0.3) is 0 Å². The predicted molar refractivity (Wildman–Crippen MR) is 86.4 cm³/mol. The SMILES string of the molecule is CC(C)(C)N1CCN(C(=O)c2cccc(CCN)c2)CC1. The van der Waals surface area contributed by atoms with Crippen LogP contribution in [0.3, 0.4) is 0 Å². The minimum absolute atomic E-state index is 0.141. The number of benzene rings is 1. The summed E-state index contributed by atoms with van der Waals surface area (Å²) in [4.78, 5) is 17.0. The van der Waals surface area contributed by atoms with Gasteiger partial charge in [0.05, 0.1) is 0 Å². The Morgan fingerprint density at radius 2 is 1.86 bits per heavy atom. The first-order chi connectivity index (χ1) is 9.91. The maximum Gasteiger partial charge on any atom is 0.253 e. The van der Waals surface area contributed by atoms with Gasteiger partial charge in [0.1, 0.15) is 0 Å². The second kappa shape index (κ2) is 6.58. The Labute approximate surface area is 127 Å². The third-order valence-corrected chi connectivity index (χ3v) is 4.12. The van der Waals surface area contributed by atoms with Crippen molar-refractivity contribution in [3.05, 3.63) is 35.4 Å². The standard InChI is InChI=1S/C17H27N3O/c1-17(2,3)20-11-9-19(10-12-20)16(21)15-6-4-5-14(13-15)7-8-18/h4-6,13H,7-12,18H2,1-3H3. The van der Waals surface area contributed by atoms with E-state index in [1.165, 1.54) is 0 Å². The molecule has 0 atom stereocenters. The lowest BCUT2D eigenvalue weighted by Crippen LogP contribution is -2.54. The monoisotopic (exact) mass is 289 g/mol. The third kappa shape index (κ3) is 4.05. The number of carbonyl (C=O) groups excluding carboxylic acids is 1. The van der Waals surface area contributed by atoms with Crippen molar-refractivity contribution in [1.82, 2.24) is 9.80 Å². The van der Waals surface area contributed by atoms with Gasteiger partial charge in [-0.25, -0.2) is 0 Å². The lowest BCUT2D eigenvalue weighted by Gasteiger charge is -2.42. The number of hydrogen-bond acceptors (Lipinski definition) is 3. The molecule has 1 aromatic carbocycles. The van der Waals surface area contributed by atoms with Gasteiger partial charge in [0.25, 0.3) is 5.91 Å². The molecule has 0 aliphatic carbocycles. The van der Waals surface area contributed by atoms with E-state index >= 15 is 0 Å². The molecule has 21 heavy (non-hydrogen) atoms. The van der Waals surface area contributed by atoms with Gasteiger partial charge in [0, 0.05) is 37.3 Å². The van der Waals surface area contributed by atoms with Crippen molar-refractivity contribution in [2.45, 2.75) is 32.7 Å².